The van der Waals surface area contributed by atoms with Gasteiger partial charge in [0, 0.05) is 12.6 Å². The molecule has 1 saturated heterocycles. The van der Waals surface area contributed by atoms with E-state index >= 15 is 0 Å². The van der Waals surface area contributed by atoms with Crippen LogP contribution < -0.4 is 5.73 Å². The van der Waals surface area contributed by atoms with Gasteiger partial charge in [0.1, 0.15) is 6.17 Å². The number of hydrogen-bond donors (Lipinski definition) is 1. The van der Waals surface area contributed by atoms with Gasteiger partial charge in [0.25, 0.3) is 0 Å². The zero-order valence-corrected chi connectivity index (χ0v) is 5.68. The minimum Gasteiger partial charge on any atom is -0.325 e. The highest BCUT2D eigenvalue weighted by Crippen LogP contribution is 2.09. The quantitative estimate of drug-likeness (QED) is 0.502. The van der Waals surface area contributed by atoms with Gasteiger partial charge in [-0.15, -0.1) is 0 Å². The first kappa shape index (κ1) is 6.96. The third-order valence-corrected chi connectivity index (χ3v) is 1.79. The van der Waals surface area contributed by atoms with Gasteiger partial charge in [-0.3, -0.25) is 0 Å². The average Bonchev–Trinajstić information content (AvgIpc) is 1.80. The van der Waals surface area contributed by atoms with Crippen LogP contribution in [-0.4, -0.2) is 37.3 Å². The predicted octanol–water partition coefficient (Wildman–Crippen LogP) is -0.0127. The number of nitrogens with two attached hydrogens (primary N) is 1. The first-order valence-corrected chi connectivity index (χ1v) is 3.28. The molecule has 0 bridgehead atoms. The molecule has 0 spiro atoms. The van der Waals surface area contributed by atoms with Crippen molar-refractivity contribution in [1.29, 1.82) is 0 Å². The Balaban J connectivity index is 2.35. The van der Waals surface area contributed by atoms with E-state index in [-0.39, 0.29) is 6.04 Å². The Hall–Kier alpha value is -0.150. The number of halogens is 1. The lowest BCUT2D eigenvalue weighted by atomic mass is 10.1. The van der Waals surface area contributed by atoms with Crippen LogP contribution in [0.2, 0.25) is 0 Å². The van der Waals surface area contributed by atoms with Crippen LogP contribution in [0.1, 0.15) is 6.42 Å². The van der Waals surface area contributed by atoms with Crippen molar-refractivity contribution in [2.45, 2.75) is 18.6 Å². The highest BCUT2D eigenvalue weighted by Gasteiger charge is 2.23. The summed E-state index contributed by atoms with van der Waals surface area (Å²) in [6.07, 6.45) is -0.0266. The Bertz CT molecular complexity index is 97.1. The second-order valence-corrected chi connectivity index (χ2v) is 2.73. The Morgan fingerprint density at radius 3 is 2.78 bits per heavy atom. The average molecular weight is 132 g/mol. The Labute approximate surface area is 54.8 Å². The number of nitrogens with zero attached hydrogens (tertiary/aromatic N) is 1. The highest BCUT2D eigenvalue weighted by atomic mass is 19.1. The summed E-state index contributed by atoms with van der Waals surface area (Å²) >= 11 is 0. The van der Waals surface area contributed by atoms with E-state index in [4.69, 9.17) is 5.73 Å². The van der Waals surface area contributed by atoms with E-state index in [0.717, 1.165) is 13.0 Å². The standard InChI is InChI=1S/C6H13FN2/c1-9-3-2-6(8)5(7)4-9/h5-6H,2-4,8H2,1H3/t5?,6-/m1/s1. The molecule has 1 aliphatic rings. The highest BCUT2D eigenvalue weighted by molar-refractivity contribution is 4.80. The van der Waals surface area contributed by atoms with E-state index < -0.39 is 6.17 Å². The number of hydrogen-bond acceptors (Lipinski definition) is 2. The van der Waals surface area contributed by atoms with E-state index in [1.165, 1.54) is 0 Å². The van der Waals surface area contributed by atoms with Crippen molar-refractivity contribution in [2.75, 3.05) is 20.1 Å². The molecule has 1 unspecified atom stereocenters. The normalized spacial score (nSPS) is 39.0. The van der Waals surface area contributed by atoms with E-state index in [1.54, 1.807) is 0 Å². The van der Waals surface area contributed by atoms with Gasteiger partial charge >= 0.3 is 0 Å². The fraction of sp³-hybridized carbons (Fsp3) is 1.00. The first-order chi connectivity index (χ1) is 4.20. The minimum absolute atomic E-state index is 0.221. The van der Waals surface area contributed by atoms with E-state index in [9.17, 15) is 4.39 Å². The SMILES string of the molecule is CN1CC[C@@H](N)C(F)C1. The van der Waals surface area contributed by atoms with Gasteiger partial charge in [0.05, 0.1) is 0 Å². The number of piperidine rings is 1. The summed E-state index contributed by atoms with van der Waals surface area (Å²) in [4.78, 5) is 1.97. The molecule has 9 heavy (non-hydrogen) atoms. The maximum Gasteiger partial charge on any atom is 0.128 e. The summed E-state index contributed by atoms with van der Waals surface area (Å²) in [6, 6.07) is -0.221. The number of likely N-dealkylation sites (tertiary alicyclic amines) is 1. The molecule has 0 aromatic rings. The van der Waals surface area contributed by atoms with Gasteiger partial charge in [-0.05, 0) is 20.0 Å². The molecular weight excluding hydrogens is 119 g/mol. The van der Waals surface area contributed by atoms with E-state index in [0.29, 0.717) is 6.54 Å². The topological polar surface area (TPSA) is 29.3 Å². The Morgan fingerprint density at radius 2 is 2.33 bits per heavy atom. The molecule has 1 heterocycles. The van der Waals surface area contributed by atoms with Gasteiger partial charge in [0.15, 0.2) is 0 Å². The molecule has 1 aliphatic heterocycles. The molecular formula is C6H13FN2. The van der Waals surface area contributed by atoms with Crippen molar-refractivity contribution in [3.8, 4) is 0 Å². The van der Waals surface area contributed by atoms with Crippen molar-refractivity contribution in [1.82, 2.24) is 4.90 Å². The van der Waals surface area contributed by atoms with Gasteiger partial charge in [-0.2, -0.15) is 0 Å². The molecule has 0 aliphatic carbocycles. The zero-order chi connectivity index (χ0) is 6.85. The molecule has 54 valence electrons. The lowest BCUT2D eigenvalue weighted by molar-refractivity contribution is 0.141. The molecule has 1 fully saturated rings. The molecule has 2 atom stereocenters. The maximum atomic E-state index is 12.7. The predicted molar refractivity (Wildman–Crippen MR) is 35.0 cm³/mol. The Morgan fingerprint density at radius 1 is 1.67 bits per heavy atom. The second kappa shape index (κ2) is 2.62. The molecule has 0 amide bonds. The summed E-state index contributed by atoms with van der Waals surface area (Å²) in [5.41, 5.74) is 5.44. The maximum absolute atomic E-state index is 12.7. The van der Waals surface area contributed by atoms with Crippen molar-refractivity contribution < 1.29 is 4.39 Å². The molecule has 2 N–H and O–H groups in total. The second-order valence-electron chi connectivity index (χ2n) is 2.73. The lowest BCUT2D eigenvalue weighted by Gasteiger charge is -2.29. The molecule has 0 radical (unpaired) electrons. The van der Waals surface area contributed by atoms with Crippen LogP contribution in [-0.2, 0) is 0 Å². The van der Waals surface area contributed by atoms with Crippen molar-refractivity contribution in [2.24, 2.45) is 5.73 Å². The summed E-state index contributed by atoms with van der Waals surface area (Å²) in [5.74, 6) is 0. The lowest BCUT2D eigenvalue weighted by Crippen LogP contribution is -2.46. The molecule has 2 nitrogen and oxygen atoms in total. The largest absolute Gasteiger partial charge is 0.325 e. The van der Waals surface area contributed by atoms with Crippen LogP contribution in [0, 0.1) is 0 Å². The van der Waals surface area contributed by atoms with Crippen LogP contribution in [0.15, 0.2) is 0 Å². The van der Waals surface area contributed by atoms with Gasteiger partial charge < -0.3 is 10.6 Å². The molecule has 0 aromatic heterocycles. The summed E-state index contributed by atoms with van der Waals surface area (Å²) in [7, 11) is 1.92. The summed E-state index contributed by atoms with van der Waals surface area (Å²) in [5, 5.41) is 0. The van der Waals surface area contributed by atoms with E-state index in [1.807, 2.05) is 11.9 Å². The summed E-state index contributed by atoms with van der Waals surface area (Å²) < 4.78 is 12.7. The summed E-state index contributed by atoms with van der Waals surface area (Å²) in [6.45, 7) is 1.43. The van der Waals surface area contributed by atoms with Gasteiger partial charge in [-0.1, -0.05) is 0 Å². The van der Waals surface area contributed by atoms with Crippen LogP contribution in [0.25, 0.3) is 0 Å². The number of rotatable bonds is 0. The van der Waals surface area contributed by atoms with Crippen LogP contribution in [0.5, 0.6) is 0 Å². The molecule has 0 saturated carbocycles. The Kier molecular flexibility index (Phi) is 2.03. The van der Waals surface area contributed by atoms with E-state index in [2.05, 4.69) is 0 Å². The third-order valence-electron chi connectivity index (χ3n) is 1.79. The molecule has 1 rings (SSSR count). The van der Waals surface area contributed by atoms with Gasteiger partial charge in [0.2, 0.25) is 0 Å². The smallest absolute Gasteiger partial charge is 0.128 e. The van der Waals surface area contributed by atoms with Crippen molar-refractivity contribution in [3.63, 3.8) is 0 Å². The third kappa shape index (κ3) is 1.63. The van der Waals surface area contributed by atoms with Gasteiger partial charge in [-0.25, -0.2) is 4.39 Å². The zero-order valence-electron chi connectivity index (χ0n) is 5.68. The van der Waals surface area contributed by atoms with Crippen molar-refractivity contribution >= 4 is 0 Å². The minimum atomic E-state index is -0.816. The number of alkyl halides is 1. The molecule has 3 heteroatoms. The molecule has 0 aromatic carbocycles. The fourth-order valence-corrected chi connectivity index (χ4v) is 1.07. The van der Waals surface area contributed by atoms with Crippen LogP contribution in [0.3, 0.4) is 0 Å². The monoisotopic (exact) mass is 132 g/mol. The fourth-order valence-electron chi connectivity index (χ4n) is 1.07. The van der Waals surface area contributed by atoms with Crippen molar-refractivity contribution in [3.05, 3.63) is 0 Å². The van der Waals surface area contributed by atoms with Crippen LogP contribution in [0.4, 0.5) is 4.39 Å². The first-order valence-electron chi connectivity index (χ1n) is 3.28. The van der Waals surface area contributed by atoms with Crippen LogP contribution >= 0.6 is 0 Å².